The fourth-order valence-electron chi connectivity index (χ4n) is 0.516. The van der Waals surface area contributed by atoms with Crippen molar-refractivity contribution in [3.05, 3.63) is 0 Å². The van der Waals surface area contributed by atoms with Gasteiger partial charge in [0, 0.05) is 0 Å². The molecule has 0 aliphatic carbocycles. The monoisotopic (exact) mass is 111 g/mol. The smallest absolute Gasteiger partial charge is 0.182 e. The lowest BCUT2D eigenvalue weighted by molar-refractivity contribution is 0.380. The van der Waals surface area contributed by atoms with Gasteiger partial charge in [0.25, 0.3) is 0 Å². The topological polar surface area (TPSA) is 3.24 Å². The molecule has 2 heteroatoms. The minimum absolute atomic E-state index is 0.481. The Kier molecular flexibility index (Phi) is 3.97. The summed E-state index contributed by atoms with van der Waals surface area (Å²) in [6, 6.07) is 0.481. The lowest BCUT2D eigenvalue weighted by atomic mass is 10.2. The zero-order valence-corrected chi connectivity index (χ0v) is 6.02. The van der Waals surface area contributed by atoms with Crippen LogP contribution in [0.5, 0.6) is 0 Å². The third-order valence-corrected chi connectivity index (χ3v) is 1.15. The molecular formula is C6H14BN. The summed E-state index contributed by atoms with van der Waals surface area (Å²) in [5.41, 5.74) is 0. The highest BCUT2D eigenvalue weighted by Gasteiger charge is 1.97. The normalized spacial score (nSPS) is 11.1. The second kappa shape index (κ2) is 3.96. The van der Waals surface area contributed by atoms with Crippen LogP contribution in [0.1, 0.15) is 27.2 Å². The predicted octanol–water partition coefficient (Wildman–Crippen LogP) is 1.19. The summed E-state index contributed by atoms with van der Waals surface area (Å²) in [4.78, 5) is 1.85. The second-order valence-electron chi connectivity index (χ2n) is 2.33. The van der Waals surface area contributed by atoms with Crippen LogP contribution < -0.4 is 0 Å². The highest BCUT2D eigenvalue weighted by molar-refractivity contribution is 6.04. The Hall–Kier alpha value is 0.0249. The molecule has 0 aromatic carbocycles. The summed E-state index contributed by atoms with van der Waals surface area (Å²) in [5.74, 6) is 0. The van der Waals surface area contributed by atoms with Crippen LogP contribution in [-0.2, 0) is 0 Å². The summed E-state index contributed by atoms with van der Waals surface area (Å²) in [7, 11) is 5.56. The van der Waals surface area contributed by atoms with Crippen LogP contribution in [0.15, 0.2) is 0 Å². The van der Waals surface area contributed by atoms with Crippen molar-refractivity contribution >= 4 is 7.98 Å². The third-order valence-electron chi connectivity index (χ3n) is 1.15. The average molecular weight is 111 g/mol. The maximum Gasteiger partial charge on any atom is 0.182 e. The molecule has 0 heterocycles. The maximum atomic E-state index is 5.56. The highest BCUT2D eigenvalue weighted by Crippen LogP contribution is 1.92. The average Bonchev–Trinajstić information content (AvgIpc) is 1.67. The SMILES string of the molecule is [B]N(CCC)C(C)C. The molecule has 46 valence electrons. The summed E-state index contributed by atoms with van der Waals surface area (Å²) in [6.45, 7) is 7.31. The predicted molar refractivity (Wildman–Crippen MR) is 37.9 cm³/mol. The molecule has 0 atom stereocenters. The van der Waals surface area contributed by atoms with Crippen LogP contribution in [0.2, 0.25) is 0 Å². The molecule has 0 amide bonds. The van der Waals surface area contributed by atoms with E-state index >= 15 is 0 Å². The molecule has 0 aromatic rings. The van der Waals surface area contributed by atoms with Gasteiger partial charge in [0.1, 0.15) is 0 Å². The van der Waals surface area contributed by atoms with Crippen molar-refractivity contribution in [1.29, 1.82) is 0 Å². The molecule has 0 aliphatic rings. The van der Waals surface area contributed by atoms with Gasteiger partial charge in [-0.05, 0) is 19.0 Å². The van der Waals surface area contributed by atoms with Gasteiger partial charge in [-0.15, -0.1) is 0 Å². The van der Waals surface area contributed by atoms with Crippen LogP contribution in [0, 0.1) is 0 Å². The quantitative estimate of drug-likeness (QED) is 0.494. The van der Waals surface area contributed by atoms with E-state index in [1.165, 1.54) is 0 Å². The first kappa shape index (κ1) is 8.02. The summed E-state index contributed by atoms with van der Waals surface area (Å²) in [5, 5.41) is 0. The molecule has 0 fully saturated rings. The van der Waals surface area contributed by atoms with Crippen molar-refractivity contribution in [3.8, 4) is 0 Å². The molecule has 2 radical (unpaired) electrons. The van der Waals surface area contributed by atoms with E-state index in [9.17, 15) is 0 Å². The molecule has 0 aromatic heterocycles. The van der Waals surface area contributed by atoms with Gasteiger partial charge in [-0.2, -0.15) is 0 Å². The van der Waals surface area contributed by atoms with E-state index in [0.717, 1.165) is 13.0 Å². The van der Waals surface area contributed by atoms with Gasteiger partial charge in [-0.1, -0.05) is 20.8 Å². The number of nitrogens with zero attached hydrogens (tertiary/aromatic N) is 1. The van der Waals surface area contributed by atoms with Gasteiger partial charge in [-0.25, -0.2) is 0 Å². The molecule has 0 saturated carbocycles. The van der Waals surface area contributed by atoms with Crippen LogP contribution in [0.25, 0.3) is 0 Å². The van der Waals surface area contributed by atoms with E-state index < -0.39 is 0 Å². The van der Waals surface area contributed by atoms with Gasteiger partial charge in [-0.3, -0.25) is 0 Å². The standard InChI is InChI=1S/C6H14BN/c1-4-5-8(7)6(2)3/h6H,4-5H2,1-3H3. The van der Waals surface area contributed by atoms with E-state index in [1.54, 1.807) is 0 Å². The van der Waals surface area contributed by atoms with Gasteiger partial charge < -0.3 is 4.81 Å². The van der Waals surface area contributed by atoms with Crippen LogP contribution >= 0.6 is 0 Å². The highest BCUT2D eigenvalue weighted by atomic mass is 15.0. The zero-order valence-electron chi connectivity index (χ0n) is 6.02. The van der Waals surface area contributed by atoms with Crippen molar-refractivity contribution in [3.63, 3.8) is 0 Å². The van der Waals surface area contributed by atoms with Crippen molar-refractivity contribution in [1.82, 2.24) is 4.81 Å². The maximum absolute atomic E-state index is 5.56. The van der Waals surface area contributed by atoms with E-state index in [1.807, 2.05) is 4.81 Å². The molecule has 8 heavy (non-hydrogen) atoms. The first-order chi connectivity index (χ1) is 3.68. The van der Waals surface area contributed by atoms with E-state index in [0.29, 0.717) is 6.04 Å². The minimum Gasteiger partial charge on any atom is -0.351 e. The van der Waals surface area contributed by atoms with Gasteiger partial charge in [0.2, 0.25) is 0 Å². The van der Waals surface area contributed by atoms with Crippen molar-refractivity contribution in [2.45, 2.75) is 33.2 Å². The van der Waals surface area contributed by atoms with E-state index in [-0.39, 0.29) is 0 Å². The molecule has 0 spiro atoms. The van der Waals surface area contributed by atoms with Gasteiger partial charge in [0.05, 0.1) is 0 Å². The van der Waals surface area contributed by atoms with Gasteiger partial charge >= 0.3 is 0 Å². The van der Waals surface area contributed by atoms with Crippen molar-refractivity contribution < 1.29 is 0 Å². The largest absolute Gasteiger partial charge is 0.351 e. The summed E-state index contributed by atoms with van der Waals surface area (Å²) >= 11 is 0. The van der Waals surface area contributed by atoms with E-state index in [4.69, 9.17) is 7.98 Å². The van der Waals surface area contributed by atoms with Crippen LogP contribution in [0.3, 0.4) is 0 Å². The van der Waals surface area contributed by atoms with E-state index in [2.05, 4.69) is 20.8 Å². The first-order valence-corrected chi connectivity index (χ1v) is 3.19. The lowest BCUT2D eigenvalue weighted by Crippen LogP contribution is -2.28. The van der Waals surface area contributed by atoms with Crippen molar-refractivity contribution in [2.75, 3.05) is 6.54 Å². The Labute approximate surface area is 53.5 Å². The fourth-order valence-corrected chi connectivity index (χ4v) is 0.516. The number of hydrogen-bond acceptors (Lipinski definition) is 1. The molecule has 0 unspecified atom stereocenters. The van der Waals surface area contributed by atoms with Crippen molar-refractivity contribution in [2.24, 2.45) is 0 Å². The molecular weight excluding hydrogens is 96.9 g/mol. The summed E-state index contributed by atoms with van der Waals surface area (Å²) < 4.78 is 0. The fraction of sp³-hybridized carbons (Fsp3) is 1.00. The molecule has 0 N–H and O–H groups in total. The Morgan fingerprint density at radius 1 is 1.50 bits per heavy atom. The van der Waals surface area contributed by atoms with Gasteiger partial charge in [0.15, 0.2) is 7.98 Å². The number of hydrogen-bond donors (Lipinski definition) is 0. The minimum atomic E-state index is 0.481. The Morgan fingerprint density at radius 2 is 2.00 bits per heavy atom. The second-order valence-corrected chi connectivity index (χ2v) is 2.33. The molecule has 0 aliphatic heterocycles. The molecule has 0 saturated heterocycles. The number of rotatable bonds is 3. The molecule has 0 bridgehead atoms. The zero-order chi connectivity index (χ0) is 6.57. The lowest BCUT2D eigenvalue weighted by Gasteiger charge is -2.20. The van der Waals surface area contributed by atoms with Crippen LogP contribution in [0.4, 0.5) is 0 Å². The molecule has 0 rings (SSSR count). The first-order valence-electron chi connectivity index (χ1n) is 3.19. The Bertz CT molecular complexity index is 54.5. The molecule has 1 nitrogen and oxygen atoms in total. The third kappa shape index (κ3) is 3.08. The Balaban J connectivity index is 3.17. The Morgan fingerprint density at radius 3 is 2.12 bits per heavy atom. The van der Waals surface area contributed by atoms with Crippen LogP contribution in [-0.4, -0.2) is 25.4 Å². The summed E-state index contributed by atoms with van der Waals surface area (Å²) in [6.07, 6.45) is 1.13.